The van der Waals surface area contributed by atoms with Crippen LogP contribution >= 0.6 is 0 Å². The van der Waals surface area contributed by atoms with E-state index in [9.17, 15) is 19.0 Å². The molecule has 27 heavy (non-hydrogen) atoms. The van der Waals surface area contributed by atoms with Gasteiger partial charge in [-0.3, -0.25) is 4.57 Å². The molecule has 0 bridgehead atoms. The third-order valence-corrected chi connectivity index (χ3v) is 4.30. The van der Waals surface area contributed by atoms with Gasteiger partial charge < -0.3 is 14.9 Å². The van der Waals surface area contributed by atoms with Crippen LogP contribution in [0, 0.1) is 23.5 Å². The zero-order valence-electron chi connectivity index (χ0n) is 14.0. The summed E-state index contributed by atoms with van der Waals surface area (Å²) in [5, 5.41) is 20.1. The van der Waals surface area contributed by atoms with E-state index in [1.165, 1.54) is 17.2 Å². The Bertz CT molecular complexity index is 1060. The number of nitrogens with zero attached hydrogens (tertiary/aromatic N) is 4. The highest BCUT2D eigenvalue weighted by Gasteiger charge is 2.42. The second kappa shape index (κ2) is 6.66. The summed E-state index contributed by atoms with van der Waals surface area (Å²) in [4.78, 5) is 12.4. The minimum absolute atomic E-state index is 0.158. The number of aliphatic hydroxyl groups excluding tert-OH is 2. The first-order valence-corrected chi connectivity index (χ1v) is 8.11. The van der Waals surface area contributed by atoms with Gasteiger partial charge in [-0.15, -0.1) is 0 Å². The lowest BCUT2D eigenvalue weighted by molar-refractivity contribution is -0.0299. The Labute approximate surface area is 152 Å². The number of fused-ring (bicyclic) bond motifs is 1. The van der Waals surface area contributed by atoms with Crippen LogP contribution in [-0.2, 0) is 4.74 Å². The maximum absolute atomic E-state index is 13.3. The molecule has 0 unspecified atom stereocenters. The van der Waals surface area contributed by atoms with Crippen molar-refractivity contribution < 1.29 is 23.7 Å². The molecule has 7 nitrogen and oxygen atoms in total. The Balaban J connectivity index is 1.73. The molecule has 1 aromatic carbocycles. The molecule has 1 fully saturated rings. The van der Waals surface area contributed by atoms with Gasteiger partial charge in [0, 0.05) is 11.6 Å². The summed E-state index contributed by atoms with van der Waals surface area (Å²) in [5.41, 5.74) is 1.10. The fourth-order valence-corrected chi connectivity index (χ4v) is 2.94. The SMILES string of the molecule is C[C@H]1O[C@@H](n2cnc3c(C#Cc4cc(F)cc(F)c4)ncnc32)[C@H](O)[C@@H]1O. The average Bonchev–Trinajstić information content (AvgIpc) is 3.16. The Kier molecular flexibility index (Phi) is 4.31. The largest absolute Gasteiger partial charge is 0.388 e. The first-order chi connectivity index (χ1) is 12.9. The van der Waals surface area contributed by atoms with E-state index in [0.29, 0.717) is 11.2 Å². The number of hydrogen-bond acceptors (Lipinski definition) is 6. The highest BCUT2D eigenvalue weighted by molar-refractivity contribution is 5.76. The molecular formula is C18H14F2N4O3. The molecule has 0 amide bonds. The van der Waals surface area contributed by atoms with Crippen LogP contribution in [0.3, 0.4) is 0 Å². The van der Waals surface area contributed by atoms with Crippen molar-refractivity contribution in [3.8, 4) is 11.8 Å². The Morgan fingerprint density at radius 3 is 2.44 bits per heavy atom. The highest BCUT2D eigenvalue weighted by Crippen LogP contribution is 2.31. The topological polar surface area (TPSA) is 93.3 Å². The molecule has 1 saturated heterocycles. The van der Waals surface area contributed by atoms with E-state index in [-0.39, 0.29) is 11.3 Å². The van der Waals surface area contributed by atoms with Crippen LogP contribution in [-0.4, -0.2) is 48.0 Å². The molecule has 3 aromatic rings. The van der Waals surface area contributed by atoms with Crippen LogP contribution in [0.5, 0.6) is 0 Å². The second-order valence-electron chi connectivity index (χ2n) is 6.17. The molecule has 0 saturated carbocycles. The molecule has 4 atom stereocenters. The van der Waals surface area contributed by atoms with Crippen molar-refractivity contribution in [2.45, 2.75) is 31.5 Å². The zero-order chi connectivity index (χ0) is 19.1. The molecule has 0 radical (unpaired) electrons. The number of rotatable bonds is 1. The van der Waals surface area contributed by atoms with Crippen LogP contribution in [0.4, 0.5) is 8.78 Å². The summed E-state index contributed by atoms with van der Waals surface area (Å²) in [6.07, 6.45) is -0.906. The lowest BCUT2D eigenvalue weighted by Gasteiger charge is -2.16. The van der Waals surface area contributed by atoms with Gasteiger partial charge in [-0.25, -0.2) is 23.7 Å². The standard InChI is InChI=1S/C18H14F2N4O3/c1-9-15(25)16(26)18(27-9)24-8-23-14-13(21-7-22-17(14)24)3-2-10-4-11(19)6-12(20)5-10/h4-9,15-16,18,25-26H,1H3/t9-,15-,16-,18-/m1/s1. The number of imidazole rings is 1. The number of aromatic nitrogens is 4. The van der Waals surface area contributed by atoms with E-state index < -0.39 is 36.2 Å². The smallest absolute Gasteiger partial charge is 0.166 e. The first-order valence-electron chi connectivity index (χ1n) is 8.11. The average molecular weight is 372 g/mol. The van der Waals surface area contributed by atoms with Crippen LogP contribution in [0.2, 0.25) is 0 Å². The van der Waals surface area contributed by atoms with Gasteiger partial charge in [0.1, 0.15) is 41.4 Å². The third kappa shape index (κ3) is 3.14. The molecule has 0 aliphatic carbocycles. The fourth-order valence-electron chi connectivity index (χ4n) is 2.94. The van der Waals surface area contributed by atoms with Crippen molar-refractivity contribution in [1.29, 1.82) is 0 Å². The van der Waals surface area contributed by atoms with Gasteiger partial charge in [0.05, 0.1) is 12.4 Å². The van der Waals surface area contributed by atoms with Crippen molar-refractivity contribution in [3.63, 3.8) is 0 Å². The van der Waals surface area contributed by atoms with Gasteiger partial charge in [0.25, 0.3) is 0 Å². The summed E-state index contributed by atoms with van der Waals surface area (Å²) < 4.78 is 33.6. The van der Waals surface area contributed by atoms with E-state index in [4.69, 9.17) is 4.74 Å². The minimum atomic E-state index is -1.14. The number of aliphatic hydroxyl groups is 2. The van der Waals surface area contributed by atoms with E-state index in [1.807, 2.05) is 0 Å². The molecule has 1 aliphatic rings. The van der Waals surface area contributed by atoms with Gasteiger partial charge in [-0.2, -0.15) is 0 Å². The summed E-state index contributed by atoms with van der Waals surface area (Å²) in [7, 11) is 0. The van der Waals surface area contributed by atoms with Crippen LogP contribution in [0.25, 0.3) is 11.2 Å². The molecule has 9 heteroatoms. The Hall–Kier alpha value is -2.93. The van der Waals surface area contributed by atoms with Gasteiger partial charge in [0.2, 0.25) is 0 Å². The van der Waals surface area contributed by atoms with Crippen molar-refractivity contribution in [2.24, 2.45) is 0 Å². The van der Waals surface area contributed by atoms with E-state index in [1.54, 1.807) is 6.92 Å². The van der Waals surface area contributed by atoms with Crippen molar-refractivity contribution in [3.05, 3.63) is 53.7 Å². The molecular weight excluding hydrogens is 358 g/mol. The summed E-state index contributed by atoms with van der Waals surface area (Å²) in [6, 6.07) is 2.98. The second-order valence-corrected chi connectivity index (χ2v) is 6.17. The molecule has 3 heterocycles. The Morgan fingerprint density at radius 1 is 1.04 bits per heavy atom. The van der Waals surface area contributed by atoms with Crippen LogP contribution < -0.4 is 0 Å². The number of benzene rings is 1. The lowest BCUT2D eigenvalue weighted by Crippen LogP contribution is -2.30. The van der Waals surface area contributed by atoms with Crippen molar-refractivity contribution in [1.82, 2.24) is 19.5 Å². The van der Waals surface area contributed by atoms with Gasteiger partial charge in [0.15, 0.2) is 11.9 Å². The molecule has 2 aromatic heterocycles. The predicted molar refractivity (Wildman–Crippen MR) is 89.3 cm³/mol. The van der Waals surface area contributed by atoms with E-state index in [2.05, 4.69) is 26.8 Å². The van der Waals surface area contributed by atoms with Gasteiger partial charge >= 0.3 is 0 Å². The van der Waals surface area contributed by atoms with Crippen molar-refractivity contribution in [2.75, 3.05) is 0 Å². The third-order valence-electron chi connectivity index (χ3n) is 4.30. The van der Waals surface area contributed by atoms with Crippen LogP contribution in [0.1, 0.15) is 24.4 Å². The minimum Gasteiger partial charge on any atom is -0.388 e. The molecule has 1 aliphatic heterocycles. The highest BCUT2D eigenvalue weighted by atomic mass is 19.1. The number of hydrogen-bond donors (Lipinski definition) is 2. The monoisotopic (exact) mass is 372 g/mol. The fraction of sp³-hybridized carbons (Fsp3) is 0.278. The molecule has 0 spiro atoms. The molecule has 138 valence electrons. The Morgan fingerprint density at radius 2 is 1.78 bits per heavy atom. The first kappa shape index (κ1) is 17.5. The quantitative estimate of drug-likeness (QED) is 0.623. The number of ether oxygens (including phenoxy) is 1. The lowest BCUT2D eigenvalue weighted by atomic mass is 10.1. The maximum Gasteiger partial charge on any atom is 0.166 e. The number of halogens is 2. The van der Waals surface area contributed by atoms with E-state index >= 15 is 0 Å². The molecule has 4 rings (SSSR count). The normalized spacial score (nSPS) is 24.8. The summed E-state index contributed by atoms with van der Waals surface area (Å²) >= 11 is 0. The van der Waals surface area contributed by atoms with Crippen LogP contribution in [0.15, 0.2) is 30.9 Å². The van der Waals surface area contributed by atoms with Gasteiger partial charge in [-0.05, 0) is 25.0 Å². The summed E-state index contributed by atoms with van der Waals surface area (Å²) in [6.45, 7) is 1.65. The summed E-state index contributed by atoms with van der Waals surface area (Å²) in [5.74, 6) is 3.92. The zero-order valence-corrected chi connectivity index (χ0v) is 14.0. The van der Waals surface area contributed by atoms with Gasteiger partial charge in [-0.1, -0.05) is 5.92 Å². The van der Waals surface area contributed by atoms with E-state index in [0.717, 1.165) is 18.2 Å². The molecule has 2 N–H and O–H groups in total. The predicted octanol–water partition coefficient (Wildman–Crippen LogP) is 1.14. The van der Waals surface area contributed by atoms with Crippen molar-refractivity contribution >= 4 is 11.2 Å². The maximum atomic E-state index is 13.3.